The zero-order valence-electron chi connectivity index (χ0n) is 10.3. The fraction of sp³-hybridized carbons (Fsp3) is 0.538. The summed E-state index contributed by atoms with van der Waals surface area (Å²) in [7, 11) is 1.60. The Labute approximate surface area is 111 Å². The van der Waals surface area contributed by atoms with Crippen molar-refractivity contribution in [3.8, 4) is 11.5 Å². The third kappa shape index (κ3) is 4.21. The van der Waals surface area contributed by atoms with Gasteiger partial charge in [0.15, 0.2) is 11.5 Å². The van der Waals surface area contributed by atoms with Gasteiger partial charge >= 0.3 is 0 Å². The molecular formula is C13H19BrO3. The molecule has 0 spiro atoms. The highest BCUT2D eigenvalue weighted by Crippen LogP contribution is 2.36. The van der Waals surface area contributed by atoms with Gasteiger partial charge in [0, 0.05) is 0 Å². The molecule has 0 aromatic heterocycles. The van der Waals surface area contributed by atoms with E-state index in [0.717, 1.165) is 22.9 Å². The van der Waals surface area contributed by atoms with Gasteiger partial charge in [0.1, 0.15) is 0 Å². The van der Waals surface area contributed by atoms with Gasteiger partial charge in [0.05, 0.1) is 24.8 Å². The number of hydrogen-bond donors (Lipinski definition) is 1. The van der Waals surface area contributed by atoms with Gasteiger partial charge in [0.2, 0.25) is 0 Å². The molecule has 0 aliphatic rings. The largest absolute Gasteiger partial charge is 0.493 e. The zero-order chi connectivity index (χ0) is 12.7. The van der Waals surface area contributed by atoms with Crippen LogP contribution in [0.3, 0.4) is 0 Å². The van der Waals surface area contributed by atoms with E-state index in [0.29, 0.717) is 18.1 Å². The van der Waals surface area contributed by atoms with E-state index in [9.17, 15) is 0 Å². The van der Waals surface area contributed by atoms with Gasteiger partial charge < -0.3 is 14.6 Å². The maximum Gasteiger partial charge on any atom is 0.175 e. The lowest BCUT2D eigenvalue weighted by Crippen LogP contribution is -2.01. The molecular weight excluding hydrogens is 284 g/mol. The predicted octanol–water partition coefficient (Wildman–Crippen LogP) is 3.52. The van der Waals surface area contributed by atoms with Gasteiger partial charge in [-0.2, -0.15) is 0 Å². The molecule has 0 saturated heterocycles. The third-order valence-corrected chi connectivity index (χ3v) is 3.06. The van der Waals surface area contributed by atoms with Crippen molar-refractivity contribution in [2.24, 2.45) is 0 Å². The Balaban J connectivity index is 2.75. The molecule has 1 rings (SSSR count). The first kappa shape index (κ1) is 14.3. The second kappa shape index (κ2) is 7.56. The highest BCUT2D eigenvalue weighted by atomic mass is 79.9. The molecule has 0 fully saturated rings. The first-order valence-electron chi connectivity index (χ1n) is 5.83. The van der Waals surface area contributed by atoms with E-state index in [1.807, 2.05) is 6.07 Å². The van der Waals surface area contributed by atoms with Crippen molar-refractivity contribution < 1.29 is 14.6 Å². The lowest BCUT2D eigenvalue weighted by atomic mass is 10.2. The first-order chi connectivity index (χ1) is 8.22. The van der Waals surface area contributed by atoms with Crippen LogP contribution in [0.1, 0.15) is 31.7 Å². The number of ether oxygens (including phenoxy) is 2. The van der Waals surface area contributed by atoms with Gasteiger partial charge in [-0.25, -0.2) is 0 Å². The molecule has 1 aromatic carbocycles. The maximum absolute atomic E-state index is 9.10. The van der Waals surface area contributed by atoms with Crippen LogP contribution in [0.15, 0.2) is 16.6 Å². The molecule has 0 saturated carbocycles. The van der Waals surface area contributed by atoms with Crippen LogP contribution < -0.4 is 9.47 Å². The predicted molar refractivity (Wildman–Crippen MR) is 71.6 cm³/mol. The van der Waals surface area contributed by atoms with Crippen LogP contribution >= 0.6 is 15.9 Å². The molecule has 0 aliphatic carbocycles. The summed E-state index contributed by atoms with van der Waals surface area (Å²) in [5.74, 6) is 1.36. The first-order valence-corrected chi connectivity index (χ1v) is 6.62. The number of aliphatic hydroxyl groups excluding tert-OH is 1. The molecule has 17 heavy (non-hydrogen) atoms. The summed E-state index contributed by atoms with van der Waals surface area (Å²) >= 11 is 3.43. The van der Waals surface area contributed by atoms with Crippen molar-refractivity contribution in [1.82, 2.24) is 0 Å². The summed E-state index contributed by atoms with van der Waals surface area (Å²) in [6, 6.07) is 3.64. The average molecular weight is 303 g/mol. The van der Waals surface area contributed by atoms with Crippen molar-refractivity contribution in [3.63, 3.8) is 0 Å². The van der Waals surface area contributed by atoms with Crippen molar-refractivity contribution >= 4 is 15.9 Å². The molecule has 3 nitrogen and oxygen atoms in total. The molecule has 1 aromatic rings. The number of halogens is 1. The SMILES string of the molecule is CCCCCOc1c(Br)cc(CO)cc1OC. The Bertz CT molecular complexity index is 353. The fourth-order valence-electron chi connectivity index (χ4n) is 1.53. The number of rotatable bonds is 7. The molecule has 0 amide bonds. The smallest absolute Gasteiger partial charge is 0.175 e. The van der Waals surface area contributed by atoms with Gasteiger partial charge in [-0.3, -0.25) is 0 Å². The molecule has 96 valence electrons. The lowest BCUT2D eigenvalue weighted by Gasteiger charge is -2.13. The standard InChI is InChI=1S/C13H19BrO3/c1-3-4-5-6-17-13-11(14)7-10(9-15)8-12(13)16-2/h7-8,15H,3-6,9H2,1-2H3. The van der Waals surface area contributed by atoms with E-state index in [1.54, 1.807) is 13.2 Å². The minimum absolute atomic E-state index is 0.00885. The van der Waals surface area contributed by atoms with E-state index in [4.69, 9.17) is 14.6 Å². The monoisotopic (exact) mass is 302 g/mol. The summed E-state index contributed by atoms with van der Waals surface area (Å²) < 4.78 is 11.8. The van der Waals surface area contributed by atoms with Crippen molar-refractivity contribution in [2.45, 2.75) is 32.8 Å². The number of benzene rings is 1. The van der Waals surface area contributed by atoms with Crippen LogP contribution in [0.5, 0.6) is 11.5 Å². The van der Waals surface area contributed by atoms with Crippen molar-refractivity contribution in [3.05, 3.63) is 22.2 Å². The molecule has 0 bridgehead atoms. The van der Waals surface area contributed by atoms with Crippen LogP contribution in [0.25, 0.3) is 0 Å². The quantitative estimate of drug-likeness (QED) is 0.783. The Hall–Kier alpha value is -0.740. The summed E-state index contributed by atoms with van der Waals surface area (Å²) in [6.45, 7) is 2.83. The summed E-state index contributed by atoms with van der Waals surface area (Å²) in [6.07, 6.45) is 3.37. The molecule has 4 heteroatoms. The lowest BCUT2D eigenvalue weighted by molar-refractivity contribution is 0.274. The highest BCUT2D eigenvalue weighted by molar-refractivity contribution is 9.10. The molecule has 0 unspecified atom stereocenters. The van der Waals surface area contributed by atoms with E-state index < -0.39 is 0 Å². The number of hydrogen-bond acceptors (Lipinski definition) is 3. The number of methoxy groups -OCH3 is 1. The third-order valence-electron chi connectivity index (χ3n) is 2.47. The normalized spacial score (nSPS) is 10.4. The van der Waals surface area contributed by atoms with Crippen LogP contribution in [-0.2, 0) is 6.61 Å². The molecule has 0 heterocycles. The second-order valence-corrected chi connectivity index (χ2v) is 4.68. The second-order valence-electron chi connectivity index (χ2n) is 3.82. The minimum atomic E-state index is -0.00885. The van der Waals surface area contributed by atoms with Gasteiger partial charge in [0.25, 0.3) is 0 Å². The van der Waals surface area contributed by atoms with E-state index in [2.05, 4.69) is 22.9 Å². The zero-order valence-corrected chi connectivity index (χ0v) is 11.9. The Morgan fingerprint density at radius 1 is 1.29 bits per heavy atom. The van der Waals surface area contributed by atoms with Crippen molar-refractivity contribution in [2.75, 3.05) is 13.7 Å². The Kier molecular flexibility index (Phi) is 6.37. The van der Waals surface area contributed by atoms with Gasteiger partial charge in [-0.05, 0) is 40.0 Å². The number of aliphatic hydroxyl groups is 1. The van der Waals surface area contributed by atoms with E-state index in [1.165, 1.54) is 6.42 Å². The van der Waals surface area contributed by atoms with Crippen LogP contribution in [-0.4, -0.2) is 18.8 Å². The molecule has 1 N–H and O–H groups in total. The van der Waals surface area contributed by atoms with Gasteiger partial charge in [-0.15, -0.1) is 0 Å². The number of unbranched alkanes of at least 4 members (excludes halogenated alkanes) is 2. The average Bonchev–Trinajstić information content (AvgIpc) is 2.35. The summed E-state index contributed by atoms with van der Waals surface area (Å²) in [4.78, 5) is 0. The van der Waals surface area contributed by atoms with E-state index in [-0.39, 0.29) is 6.61 Å². The van der Waals surface area contributed by atoms with E-state index >= 15 is 0 Å². The summed E-state index contributed by atoms with van der Waals surface area (Å²) in [5.41, 5.74) is 0.801. The summed E-state index contributed by atoms with van der Waals surface area (Å²) in [5, 5.41) is 9.10. The van der Waals surface area contributed by atoms with Crippen LogP contribution in [0, 0.1) is 0 Å². The van der Waals surface area contributed by atoms with Crippen LogP contribution in [0.4, 0.5) is 0 Å². The highest BCUT2D eigenvalue weighted by Gasteiger charge is 2.11. The van der Waals surface area contributed by atoms with Gasteiger partial charge in [-0.1, -0.05) is 19.8 Å². The van der Waals surface area contributed by atoms with Crippen LogP contribution in [0.2, 0.25) is 0 Å². The fourth-order valence-corrected chi connectivity index (χ4v) is 2.13. The Morgan fingerprint density at radius 2 is 2.06 bits per heavy atom. The topological polar surface area (TPSA) is 38.7 Å². The molecule has 0 radical (unpaired) electrons. The molecule has 0 atom stereocenters. The maximum atomic E-state index is 9.10. The van der Waals surface area contributed by atoms with Crippen molar-refractivity contribution in [1.29, 1.82) is 0 Å². The Morgan fingerprint density at radius 3 is 2.65 bits per heavy atom. The molecule has 0 aliphatic heterocycles. The minimum Gasteiger partial charge on any atom is -0.493 e.